The molecule has 1 amide bonds. The van der Waals surface area contributed by atoms with Crippen LogP contribution in [0.1, 0.15) is 258 Å². The smallest absolute Gasteiger partial charge is 0.387 e. The largest absolute Gasteiger partial charge is 0.472 e. The monoisotopic (exact) mass is 976 g/mol. The number of amides is 1. The Balaban J connectivity index is 3.96. The Labute approximate surface area is 422 Å². The second-order valence-corrected chi connectivity index (χ2v) is 22.1. The van der Waals surface area contributed by atoms with Crippen molar-refractivity contribution in [3.05, 3.63) is 60.8 Å². The lowest BCUT2D eigenvalue weighted by Crippen LogP contribution is -2.45. The summed E-state index contributed by atoms with van der Waals surface area (Å²) in [4.78, 5) is 23.2. The zero-order valence-corrected chi connectivity index (χ0v) is 46.2. The second kappa shape index (κ2) is 50.2. The number of aliphatic hydroxyl groups is 1. The van der Waals surface area contributed by atoms with Crippen molar-refractivity contribution in [3.8, 4) is 0 Å². The minimum absolute atomic E-state index is 0.0557. The van der Waals surface area contributed by atoms with Crippen LogP contribution in [0, 0.1) is 0 Å². The summed E-state index contributed by atoms with van der Waals surface area (Å²) >= 11 is 0. The van der Waals surface area contributed by atoms with E-state index in [9.17, 15) is 19.4 Å². The van der Waals surface area contributed by atoms with Crippen LogP contribution in [0.3, 0.4) is 0 Å². The molecule has 0 radical (unpaired) electrons. The van der Waals surface area contributed by atoms with Gasteiger partial charge in [0.05, 0.1) is 39.9 Å². The topological polar surface area (TPSA) is 105 Å². The highest BCUT2D eigenvalue weighted by Gasteiger charge is 2.27. The molecule has 8 nitrogen and oxygen atoms in total. The van der Waals surface area contributed by atoms with E-state index in [4.69, 9.17) is 9.05 Å². The van der Waals surface area contributed by atoms with Crippen LogP contribution in [-0.2, 0) is 18.4 Å². The number of hydrogen-bond acceptors (Lipinski definition) is 5. The Kier molecular flexibility index (Phi) is 48.8. The average molecular weight is 977 g/mol. The highest BCUT2D eigenvalue weighted by Crippen LogP contribution is 2.43. The normalized spacial score (nSPS) is 14.4. The molecule has 0 saturated heterocycles. The molecular weight excluding hydrogens is 864 g/mol. The molecule has 0 aromatic rings. The molecule has 0 saturated carbocycles. The van der Waals surface area contributed by atoms with E-state index in [2.05, 4.69) is 67.8 Å². The summed E-state index contributed by atoms with van der Waals surface area (Å²) in [5.74, 6) is -0.187. The summed E-state index contributed by atoms with van der Waals surface area (Å²) in [6, 6.07) is -0.862. The van der Waals surface area contributed by atoms with Gasteiger partial charge in [0.1, 0.15) is 13.2 Å². The lowest BCUT2D eigenvalue weighted by atomic mass is 10.0. The lowest BCUT2D eigenvalue weighted by molar-refractivity contribution is -0.870. The van der Waals surface area contributed by atoms with Crippen molar-refractivity contribution in [3.63, 3.8) is 0 Å². The van der Waals surface area contributed by atoms with Crippen molar-refractivity contribution in [2.75, 3.05) is 40.9 Å². The first-order valence-electron chi connectivity index (χ1n) is 28.7. The van der Waals surface area contributed by atoms with Gasteiger partial charge in [0, 0.05) is 6.42 Å². The van der Waals surface area contributed by atoms with Crippen molar-refractivity contribution in [2.24, 2.45) is 0 Å². The number of nitrogens with one attached hydrogen (secondary N) is 1. The molecule has 3 unspecified atom stereocenters. The molecule has 0 aromatic carbocycles. The highest BCUT2D eigenvalue weighted by molar-refractivity contribution is 7.47. The number of hydrogen-bond donors (Lipinski definition) is 3. The third-order valence-corrected chi connectivity index (χ3v) is 13.7. The Morgan fingerprint density at radius 1 is 0.500 bits per heavy atom. The molecular formula is C59H112N2O6P+. The summed E-state index contributed by atoms with van der Waals surface area (Å²) < 4.78 is 23.6. The molecule has 0 aliphatic carbocycles. The molecule has 3 N–H and O–H groups in total. The first-order chi connectivity index (χ1) is 33.0. The third kappa shape index (κ3) is 52.0. The van der Waals surface area contributed by atoms with E-state index in [-0.39, 0.29) is 19.1 Å². The van der Waals surface area contributed by atoms with E-state index < -0.39 is 20.0 Å². The molecule has 0 spiro atoms. The van der Waals surface area contributed by atoms with Crippen LogP contribution in [0.25, 0.3) is 0 Å². The molecule has 0 heterocycles. The minimum Gasteiger partial charge on any atom is -0.387 e. The fourth-order valence-electron chi connectivity index (χ4n) is 8.18. The summed E-state index contributed by atoms with van der Waals surface area (Å²) in [5.41, 5.74) is 0. The Bertz CT molecular complexity index is 1290. The van der Waals surface area contributed by atoms with Crippen molar-refractivity contribution in [1.82, 2.24) is 5.32 Å². The van der Waals surface area contributed by atoms with Gasteiger partial charge in [-0.25, -0.2) is 4.57 Å². The van der Waals surface area contributed by atoms with Crippen molar-refractivity contribution < 1.29 is 32.9 Å². The molecule has 0 fully saturated rings. The average Bonchev–Trinajstić information content (AvgIpc) is 3.30. The van der Waals surface area contributed by atoms with E-state index in [0.717, 1.165) is 51.4 Å². The zero-order valence-electron chi connectivity index (χ0n) is 45.3. The number of aliphatic hydroxyl groups excluding tert-OH is 1. The number of phosphoric acid groups is 1. The summed E-state index contributed by atoms with van der Waals surface area (Å²) in [5, 5.41) is 13.8. The van der Waals surface area contributed by atoms with E-state index >= 15 is 0 Å². The predicted molar refractivity (Wildman–Crippen MR) is 295 cm³/mol. The van der Waals surface area contributed by atoms with Crippen molar-refractivity contribution in [1.29, 1.82) is 0 Å². The molecule has 0 rings (SSSR count). The molecule has 9 heteroatoms. The molecule has 398 valence electrons. The molecule has 0 bridgehead atoms. The maximum Gasteiger partial charge on any atom is 0.472 e. The fourth-order valence-corrected chi connectivity index (χ4v) is 8.92. The lowest BCUT2D eigenvalue weighted by Gasteiger charge is -2.25. The van der Waals surface area contributed by atoms with E-state index in [1.54, 1.807) is 6.08 Å². The van der Waals surface area contributed by atoms with Crippen LogP contribution in [0.4, 0.5) is 0 Å². The minimum atomic E-state index is -4.35. The third-order valence-electron chi connectivity index (χ3n) is 12.7. The van der Waals surface area contributed by atoms with Crippen LogP contribution >= 0.6 is 7.82 Å². The number of carbonyl (C=O) groups is 1. The maximum absolute atomic E-state index is 12.9. The van der Waals surface area contributed by atoms with Crippen LogP contribution in [0.2, 0.25) is 0 Å². The number of phosphoric ester groups is 1. The van der Waals surface area contributed by atoms with Gasteiger partial charge < -0.3 is 19.8 Å². The summed E-state index contributed by atoms with van der Waals surface area (Å²) in [6.45, 7) is 4.76. The number of quaternary nitrogens is 1. The number of carbonyl (C=O) groups excluding carboxylic acids is 1. The first kappa shape index (κ1) is 66.2. The van der Waals surface area contributed by atoms with Crippen LogP contribution in [-0.4, -0.2) is 73.4 Å². The zero-order chi connectivity index (χ0) is 49.9. The Morgan fingerprint density at radius 3 is 1.28 bits per heavy atom. The van der Waals surface area contributed by atoms with Gasteiger partial charge in [-0.15, -0.1) is 0 Å². The van der Waals surface area contributed by atoms with Gasteiger partial charge >= 0.3 is 7.82 Å². The van der Waals surface area contributed by atoms with Crippen molar-refractivity contribution in [2.45, 2.75) is 270 Å². The molecule has 0 aliphatic rings. The van der Waals surface area contributed by atoms with E-state index in [0.29, 0.717) is 17.4 Å². The van der Waals surface area contributed by atoms with Crippen LogP contribution in [0.5, 0.6) is 0 Å². The number of likely N-dealkylation sites (N-methyl/N-ethyl adjacent to an activating group) is 1. The highest BCUT2D eigenvalue weighted by atomic mass is 31.2. The van der Waals surface area contributed by atoms with Crippen LogP contribution < -0.4 is 5.32 Å². The van der Waals surface area contributed by atoms with Crippen LogP contribution in [0.15, 0.2) is 60.8 Å². The molecule has 0 aromatic heterocycles. The fraction of sp³-hybridized carbons (Fsp3) is 0.814. The maximum atomic E-state index is 12.9. The predicted octanol–water partition coefficient (Wildman–Crippen LogP) is 17.3. The Hall–Kier alpha value is -1.80. The van der Waals surface area contributed by atoms with Gasteiger partial charge in [-0.3, -0.25) is 13.8 Å². The SMILES string of the molecule is CCCCCCC/C=C\C/C=C\C/C=C\CCCCCCCCCCCCCCCCCCCCCCC(=O)NC(COP(=O)(O)OCC[N+](C)(C)C)C(O)/C=C/CC/C=C/CCCCCCC. The van der Waals surface area contributed by atoms with Gasteiger partial charge in [-0.05, 0) is 70.6 Å². The number of nitrogens with zero attached hydrogens (tertiary/aromatic N) is 1. The van der Waals surface area contributed by atoms with Crippen molar-refractivity contribution >= 4 is 13.7 Å². The van der Waals surface area contributed by atoms with Gasteiger partial charge in [0.2, 0.25) is 5.91 Å². The molecule has 0 aliphatic heterocycles. The van der Waals surface area contributed by atoms with Gasteiger partial charge in [0.25, 0.3) is 0 Å². The Morgan fingerprint density at radius 2 is 0.853 bits per heavy atom. The number of rotatable bonds is 52. The second-order valence-electron chi connectivity index (χ2n) is 20.7. The summed E-state index contributed by atoms with van der Waals surface area (Å²) in [7, 11) is 1.56. The number of unbranched alkanes of at least 4 members (excludes halogenated alkanes) is 31. The van der Waals surface area contributed by atoms with Gasteiger partial charge in [0.15, 0.2) is 0 Å². The van der Waals surface area contributed by atoms with Gasteiger partial charge in [-0.1, -0.05) is 242 Å². The number of allylic oxidation sites excluding steroid dienone is 9. The summed E-state index contributed by atoms with van der Waals surface area (Å²) in [6.07, 6.45) is 67.8. The first-order valence-corrected chi connectivity index (χ1v) is 30.2. The standard InChI is InChI=1S/C59H111N2O6P/c1-6-8-10-12-14-16-18-19-20-21-22-23-24-25-26-27-28-29-30-31-32-33-34-35-36-37-38-39-40-41-43-45-47-49-51-53-59(63)60-57(56-67-68(64,65)66-55-54-61(3,4)5)58(62)52-50-48-46-44-42-17-15-13-11-9-7-2/h18-19,21-22,24-25,42,44,50,52,57-58,62H,6-17,20,23,26-41,43,45-49,51,53-56H2,1-5H3,(H-,60,63,64,65)/p+1/b19-18-,22-21-,25-24-,44-42+,52-50+. The van der Waals surface area contributed by atoms with E-state index in [1.165, 1.54) is 186 Å². The quantitative estimate of drug-likeness (QED) is 0.0243. The van der Waals surface area contributed by atoms with Gasteiger partial charge in [-0.2, -0.15) is 0 Å². The van der Waals surface area contributed by atoms with E-state index in [1.807, 2.05) is 27.2 Å². The molecule has 68 heavy (non-hydrogen) atoms. The molecule has 3 atom stereocenters.